The molecule has 112 valence electrons. The van der Waals surface area contributed by atoms with Gasteiger partial charge in [-0.15, -0.1) is 0 Å². The van der Waals surface area contributed by atoms with Crippen LogP contribution in [-0.4, -0.2) is 42.4 Å². The van der Waals surface area contributed by atoms with Gasteiger partial charge in [0.1, 0.15) is 6.54 Å². The Kier molecular flexibility index (Phi) is 4.57. The number of ether oxygens (including phenoxy) is 1. The van der Waals surface area contributed by atoms with E-state index in [1.54, 1.807) is 29.2 Å². The summed E-state index contributed by atoms with van der Waals surface area (Å²) in [6, 6.07) is 6.60. The Morgan fingerprint density at radius 2 is 1.86 bits per heavy atom. The molecule has 6 heteroatoms. The molecule has 1 saturated carbocycles. The maximum absolute atomic E-state index is 11.9. The number of esters is 1. The van der Waals surface area contributed by atoms with Gasteiger partial charge in [0, 0.05) is 18.7 Å². The van der Waals surface area contributed by atoms with Crippen molar-refractivity contribution < 1.29 is 19.1 Å². The zero-order valence-corrected chi connectivity index (χ0v) is 12.1. The van der Waals surface area contributed by atoms with Gasteiger partial charge < -0.3 is 15.0 Å². The number of anilines is 1. The van der Waals surface area contributed by atoms with E-state index in [0.29, 0.717) is 11.3 Å². The zero-order chi connectivity index (χ0) is 15.4. The van der Waals surface area contributed by atoms with Crippen LogP contribution in [0.4, 0.5) is 5.69 Å². The van der Waals surface area contributed by atoms with Crippen LogP contribution in [0.1, 0.15) is 30.1 Å². The molecule has 0 radical (unpaired) electrons. The Morgan fingerprint density at radius 3 is 2.33 bits per heavy atom. The highest BCUT2D eigenvalue weighted by molar-refractivity contribution is 5.95. The van der Waals surface area contributed by atoms with Crippen molar-refractivity contribution in [2.45, 2.75) is 25.8 Å². The van der Waals surface area contributed by atoms with E-state index in [1.165, 1.54) is 14.0 Å². The van der Waals surface area contributed by atoms with Crippen molar-refractivity contribution in [3.8, 4) is 0 Å². The minimum Gasteiger partial charge on any atom is -0.465 e. The molecule has 0 spiro atoms. The van der Waals surface area contributed by atoms with Crippen molar-refractivity contribution in [3.05, 3.63) is 29.8 Å². The third kappa shape index (κ3) is 4.05. The van der Waals surface area contributed by atoms with Gasteiger partial charge in [0.05, 0.1) is 12.7 Å². The van der Waals surface area contributed by atoms with Crippen LogP contribution in [0.3, 0.4) is 0 Å². The van der Waals surface area contributed by atoms with Crippen LogP contribution in [0.5, 0.6) is 0 Å². The van der Waals surface area contributed by atoms with E-state index in [0.717, 1.165) is 12.8 Å². The van der Waals surface area contributed by atoms with E-state index in [2.05, 4.69) is 10.1 Å². The Balaban J connectivity index is 1.93. The molecular weight excluding hydrogens is 272 g/mol. The van der Waals surface area contributed by atoms with Crippen molar-refractivity contribution in [2.75, 3.05) is 19.0 Å². The molecule has 21 heavy (non-hydrogen) atoms. The van der Waals surface area contributed by atoms with Gasteiger partial charge in [-0.2, -0.15) is 0 Å². The monoisotopic (exact) mass is 290 g/mol. The molecule has 1 N–H and O–H groups in total. The lowest BCUT2D eigenvalue weighted by Gasteiger charge is -2.19. The summed E-state index contributed by atoms with van der Waals surface area (Å²) in [4.78, 5) is 36.3. The highest BCUT2D eigenvalue weighted by Gasteiger charge is 2.31. The standard InChI is InChI=1S/C15H18N2O4/c1-10(18)17(13-7-8-13)9-14(19)16-12-5-3-11(4-6-12)15(20)21-2/h3-6,13H,7-9H2,1-2H3,(H,16,19). The molecule has 2 amide bonds. The number of carbonyl (C=O) groups excluding carboxylic acids is 3. The molecule has 0 heterocycles. The number of hydrogen-bond donors (Lipinski definition) is 1. The van der Waals surface area contributed by atoms with Crippen molar-refractivity contribution in [3.63, 3.8) is 0 Å². The van der Waals surface area contributed by atoms with Crippen LogP contribution in [0.2, 0.25) is 0 Å². The Hall–Kier alpha value is -2.37. The van der Waals surface area contributed by atoms with Crippen LogP contribution in [0.25, 0.3) is 0 Å². The molecular formula is C15H18N2O4. The number of nitrogens with one attached hydrogen (secondary N) is 1. The molecule has 1 aromatic rings. The fraction of sp³-hybridized carbons (Fsp3) is 0.400. The molecule has 0 atom stereocenters. The third-order valence-electron chi connectivity index (χ3n) is 3.30. The second kappa shape index (κ2) is 6.39. The van der Waals surface area contributed by atoms with Gasteiger partial charge in [-0.05, 0) is 37.1 Å². The summed E-state index contributed by atoms with van der Waals surface area (Å²) in [6.45, 7) is 1.52. The number of rotatable bonds is 5. The predicted octanol–water partition coefficient (Wildman–Crippen LogP) is 1.42. The van der Waals surface area contributed by atoms with Gasteiger partial charge in [0.15, 0.2) is 0 Å². The summed E-state index contributed by atoms with van der Waals surface area (Å²) in [5.74, 6) is -0.763. The number of benzene rings is 1. The van der Waals surface area contributed by atoms with Crippen LogP contribution < -0.4 is 5.32 Å². The molecule has 0 unspecified atom stereocenters. The minimum atomic E-state index is -0.427. The van der Waals surface area contributed by atoms with Crippen molar-refractivity contribution >= 4 is 23.5 Å². The largest absolute Gasteiger partial charge is 0.465 e. The Morgan fingerprint density at radius 1 is 1.24 bits per heavy atom. The fourth-order valence-corrected chi connectivity index (χ4v) is 2.05. The molecule has 0 bridgehead atoms. The van der Waals surface area contributed by atoms with E-state index in [4.69, 9.17) is 0 Å². The van der Waals surface area contributed by atoms with Crippen molar-refractivity contribution in [1.82, 2.24) is 4.90 Å². The Labute approximate surface area is 123 Å². The summed E-state index contributed by atoms with van der Waals surface area (Å²) in [5.41, 5.74) is 0.991. The van der Waals surface area contributed by atoms with Crippen LogP contribution in [-0.2, 0) is 14.3 Å². The molecule has 0 saturated heterocycles. The van der Waals surface area contributed by atoms with Gasteiger partial charge in [-0.1, -0.05) is 0 Å². The highest BCUT2D eigenvalue weighted by atomic mass is 16.5. The summed E-state index contributed by atoms with van der Waals surface area (Å²) in [7, 11) is 1.31. The predicted molar refractivity (Wildman–Crippen MR) is 76.8 cm³/mol. The van der Waals surface area contributed by atoms with Crippen LogP contribution >= 0.6 is 0 Å². The maximum atomic E-state index is 11.9. The molecule has 1 aromatic carbocycles. The third-order valence-corrected chi connectivity index (χ3v) is 3.30. The first-order valence-electron chi connectivity index (χ1n) is 6.76. The van der Waals surface area contributed by atoms with Crippen LogP contribution in [0.15, 0.2) is 24.3 Å². The quantitative estimate of drug-likeness (QED) is 0.832. The number of amides is 2. The second-order valence-electron chi connectivity index (χ2n) is 5.00. The van der Waals surface area contributed by atoms with Gasteiger partial charge in [0.25, 0.3) is 0 Å². The van der Waals surface area contributed by atoms with E-state index in [-0.39, 0.29) is 24.4 Å². The minimum absolute atomic E-state index is 0.0543. The molecule has 1 aliphatic carbocycles. The number of hydrogen-bond acceptors (Lipinski definition) is 4. The normalized spacial score (nSPS) is 13.4. The maximum Gasteiger partial charge on any atom is 0.337 e. The molecule has 1 aliphatic rings. The lowest BCUT2D eigenvalue weighted by molar-refractivity contribution is -0.133. The molecule has 2 rings (SSSR count). The molecule has 0 aromatic heterocycles. The van der Waals surface area contributed by atoms with Crippen molar-refractivity contribution in [2.24, 2.45) is 0 Å². The lowest BCUT2D eigenvalue weighted by atomic mass is 10.2. The van der Waals surface area contributed by atoms with Gasteiger partial charge >= 0.3 is 5.97 Å². The summed E-state index contributed by atoms with van der Waals surface area (Å²) in [5, 5.41) is 2.71. The van der Waals surface area contributed by atoms with E-state index in [1.807, 2.05) is 0 Å². The summed E-state index contributed by atoms with van der Waals surface area (Å²) >= 11 is 0. The SMILES string of the molecule is COC(=O)c1ccc(NC(=O)CN(C(C)=O)C2CC2)cc1. The number of carbonyl (C=O) groups is 3. The van der Waals surface area contributed by atoms with E-state index >= 15 is 0 Å². The van der Waals surface area contributed by atoms with Gasteiger partial charge in [0.2, 0.25) is 11.8 Å². The summed E-state index contributed by atoms with van der Waals surface area (Å²) < 4.78 is 4.60. The average Bonchev–Trinajstić information content (AvgIpc) is 3.29. The fourth-order valence-electron chi connectivity index (χ4n) is 2.05. The number of nitrogens with zero attached hydrogens (tertiary/aromatic N) is 1. The first kappa shape index (κ1) is 15.0. The highest BCUT2D eigenvalue weighted by Crippen LogP contribution is 2.26. The van der Waals surface area contributed by atoms with E-state index < -0.39 is 5.97 Å². The first-order valence-corrected chi connectivity index (χ1v) is 6.76. The molecule has 6 nitrogen and oxygen atoms in total. The summed E-state index contributed by atoms with van der Waals surface area (Å²) in [6.07, 6.45) is 1.92. The van der Waals surface area contributed by atoms with Crippen LogP contribution in [0, 0.1) is 0 Å². The smallest absolute Gasteiger partial charge is 0.337 e. The molecule has 0 aliphatic heterocycles. The van der Waals surface area contributed by atoms with Gasteiger partial charge in [-0.3, -0.25) is 9.59 Å². The van der Waals surface area contributed by atoms with Crippen molar-refractivity contribution in [1.29, 1.82) is 0 Å². The first-order chi connectivity index (χ1) is 10.0. The second-order valence-corrected chi connectivity index (χ2v) is 5.00. The van der Waals surface area contributed by atoms with E-state index in [9.17, 15) is 14.4 Å². The molecule has 1 fully saturated rings. The Bertz CT molecular complexity index is 549. The lowest BCUT2D eigenvalue weighted by Crippen LogP contribution is -2.38. The number of methoxy groups -OCH3 is 1. The average molecular weight is 290 g/mol. The zero-order valence-electron chi connectivity index (χ0n) is 12.1. The van der Waals surface area contributed by atoms with Gasteiger partial charge in [-0.25, -0.2) is 4.79 Å². The topological polar surface area (TPSA) is 75.7 Å².